The summed E-state index contributed by atoms with van der Waals surface area (Å²) in [5.41, 5.74) is 3.75. The van der Waals surface area contributed by atoms with E-state index in [0.717, 1.165) is 16.7 Å². The van der Waals surface area contributed by atoms with Gasteiger partial charge in [-0.05, 0) is 29.7 Å². The van der Waals surface area contributed by atoms with E-state index in [1.165, 1.54) is 6.08 Å². The molecule has 0 unspecified atom stereocenters. The minimum absolute atomic E-state index is 0.166. The molecule has 160 valence electrons. The first kappa shape index (κ1) is 21.2. The number of amides is 1. The Morgan fingerprint density at radius 1 is 0.906 bits per heavy atom. The molecule has 32 heavy (non-hydrogen) atoms. The maximum absolute atomic E-state index is 12.6. The number of carbonyl (C=O) groups excluding carboxylic acids is 1. The second kappa shape index (κ2) is 9.88. The van der Waals surface area contributed by atoms with Crippen LogP contribution >= 0.6 is 0 Å². The second-order valence-electron chi connectivity index (χ2n) is 7.94. The van der Waals surface area contributed by atoms with Crippen LogP contribution in [0.15, 0.2) is 103 Å². The third-order valence-corrected chi connectivity index (χ3v) is 5.59. The number of hydrogen-bond donors (Lipinski definition) is 1. The van der Waals surface area contributed by atoms with Crippen molar-refractivity contribution in [3.05, 3.63) is 126 Å². The normalized spacial score (nSPS) is 11.5. The Balaban J connectivity index is 1.41. The minimum Gasteiger partial charge on any atom is -0.351 e. The van der Waals surface area contributed by atoms with Crippen LogP contribution in [-0.2, 0) is 16.8 Å². The maximum atomic E-state index is 12.6. The minimum atomic E-state index is -0.342. The molecule has 4 rings (SSSR count). The van der Waals surface area contributed by atoms with Gasteiger partial charge in [0.2, 0.25) is 5.91 Å². The molecular formula is C27H26N4O. The maximum Gasteiger partial charge on any atom is 0.244 e. The van der Waals surface area contributed by atoms with Gasteiger partial charge in [0.05, 0.1) is 12.7 Å². The molecule has 0 fully saturated rings. The topological polar surface area (TPSA) is 59.8 Å². The highest BCUT2D eigenvalue weighted by Gasteiger charge is 2.29. The smallest absolute Gasteiger partial charge is 0.244 e. The van der Waals surface area contributed by atoms with Gasteiger partial charge in [0.15, 0.2) is 0 Å². The van der Waals surface area contributed by atoms with E-state index < -0.39 is 0 Å². The molecule has 0 atom stereocenters. The van der Waals surface area contributed by atoms with Gasteiger partial charge in [0.25, 0.3) is 0 Å². The summed E-state index contributed by atoms with van der Waals surface area (Å²) < 4.78 is 1.76. The summed E-state index contributed by atoms with van der Waals surface area (Å²) in [5, 5.41) is 11.3. The van der Waals surface area contributed by atoms with Crippen molar-refractivity contribution in [2.24, 2.45) is 0 Å². The Morgan fingerprint density at radius 3 is 2.06 bits per heavy atom. The van der Waals surface area contributed by atoms with Gasteiger partial charge in [-0.25, -0.2) is 4.68 Å². The fourth-order valence-corrected chi connectivity index (χ4v) is 3.70. The van der Waals surface area contributed by atoms with E-state index in [2.05, 4.69) is 46.8 Å². The highest BCUT2D eigenvalue weighted by atomic mass is 16.1. The van der Waals surface area contributed by atoms with Crippen molar-refractivity contribution in [3.8, 4) is 0 Å². The van der Waals surface area contributed by atoms with Gasteiger partial charge in [-0.2, -0.15) is 0 Å². The van der Waals surface area contributed by atoms with Crippen molar-refractivity contribution < 1.29 is 4.79 Å². The zero-order chi connectivity index (χ0) is 22.2. The number of benzene rings is 3. The molecule has 5 heteroatoms. The number of hydrogen-bond acceptors (Lipinski definition) is 3. The first-order valence-electron chi connectivity index (χ1n) is 10.6. The van der Waals surface area contributed by atoms with Gasteiger partial charge in [-0.1, -0.05) is 96.2 Å². The van der Waals surface area contributed by atoms with Crippen LogP contribution in [0.25, 0.3) is 6.08 Å². The van der Waals surface area contributed by atoms with Crippen LogP contribution in [0.4, 0.5) is 0 Å². The summed E-state index contributed by atoms with van der Waals surface area (Å²) >= 11 is 0. The van der Waals surface area contributed by atoms with Crippen LogP contribution in [0.3, 0.4) is 0 Å². The number of rotatable bonds is 8. The van der Waals surface area contributed by atoms with Gasteiger partial charge < -0.3 is 5.32 Å². The molecule has 0 bridgehead atoms. The monoisotopic (exact) mass is 422 g/mol. The van der Waals surface area contributed by atoms with Crippen LogP contribution in [0, 0.1) is 0 Å². The van der Waals surface area contributed by atoms with Gasteiger partial charge >= 0.3 is 0 Å². The molecule has 0 saturated heterocycles. The van der Waals surface area contributed by atoms with Crippen LogP contribution in [0.2, 0.25) is 0 Å². The average molecular weight is 423 g/mol. The standard InChI is InChI=1S/C27H26N4O/c1-27(23-13-7-3-8-14-23,24-15-9-4-10-16-24)21-28-26(32)18-17-25-20-31(30-29-25)19-22-11-5-2-6-12-22/h2-18,20H,19,21H2,1H3,(H,28,32)/b18-17+. The number of nitrogens with one attached hydrogen (secondary N) is 1. The lowest BCUT2D eigenvalue weighted by Gasteiger charge is -2.31. The number of nitrogens with zero attached hydrogens (tertiary/aromatic N) is 3. The summed E-state index contributed by atoms with van der Waals surface area (Å²) in [7, 11) is 0. The van der Waals surface area contributed by atoms with E-state index in [0.29, 0.717) is 18.8 Å². The van der Waals surface area contributed by atoms with Crippen molar-refractivity contribution in [1.29, 1.82) is 0 Å². The largest absolute Gasteiger partial charge is 0.351 e. The third-order valence-electron chi connectivity index (χ3n) is 5.59. The van der Waals surface area contributed by atoms with E-state index in [1.807, 2.05) is 72.9 Å². The van der Waals surface area contributed by atoms with Gasteiger partial charge in [-0.15, -0.1) is 5.10 Å². The fourth-order valence-electron chi connectivity index (χ4n) is 3.70. The molecule has 0 aliphatic carbocycles. The fraction of sp³-hybridized carbons (Fsp3) is 0.148. The molecule has 1 amide bonds. The van der Waals surface area contributed by atoms with Crippen molar-refractivity contribution in [2.45, 2.75) is 18.9 Å². The Bertz CT molecular complexity index is 1130. The Kier molecular flexibility index (Phi) is 6.56. The molecule has 0 aliphatic heterocycles. The molecule has 0 radical (unpaired) electrons. The molecule has 1 aromatic heterocycles. The third kappa shape index (κ3) is 5.19. The van der Waals surface area contributed by atoms with Crippen molar-refractivity contribution in [2.75, 3.05) is 6.54 Å². The van der Waals surface area contributed by atoms with E-state index in [4.69, 9.17) is 0 Å². The highest BCUT2D eigenvalue weighted by Crippen LogP contribution is 2.31. The molecule has 4 aromatic rings. The number of aromatic nitrogens is 3. The van der Waals surface area contributed by atoms with Crippen molar-refractivity contribution in [1.82, 2.24) is 20.3 Å². The average Bonchev–Trinajstić information content (AvgIpc) is 3.30. The SMILES string of the molecule is CC(CNC(=O)/C=C/c1cn(Cc2ccccc2)nn1)(c1ccccc1)c1ccccc1. The lowest BCUT2D eigenvalue weighted by Crippen LogP contribution is -2.39. The van der Waals surface area contributed by atoms with E-state index in [9.17, 15) is 4.79 Å². The van der Waals surface area contributed by atoms with Crippen LogP contribution < -0.4 is 5.32 Å². The molecule has 3 aromatic carbocycles. The Hall–Kier alpha value is -3.99. The zero-order valence-corrected chi connectivity index (χ0v) is 18.1. The molecule has 0 saturated carbocycles. The summed E-state index contributed by atoms with van der Waals surface area (Å²) in [6.07, 6.45) is 5.02. The Morgan fingerprint density at radius 2 is 1.47 bits per heavy atom. The predicted molar refractivity (Wildman–Crippen MR) is 127 cm³/mol. The summed E-state index contributed by atoms with van der Waals surface area (Å²) in [6.45, 7) is 3.27. The van der Waals surface area contributed by atoms with Crippen LogP contribution in [0.1, 0.15) is 29.3 Å². The Labute approximate surface area is 188 Å². The summed E-state index contributed by atoms with van der Waals surface area (Å²) in [6, 6.07) is 30.6. The molecular weight excluding hydrogens is 396 g/mol. The lowest BCUT2D eigenvalue weighted by atomic mass is 9.76. The van der Waals surface area contributed by atoms with Gasteiger partial charge in [0, 0.05) is 18.0 Å². The predicted octanol–water partition coefficient (Wildman–Crippen LogP) is 4.46. The lowest BCUT2D eigenvalue weighted by molar-refractivity contribution is -0.116. The number of carbonyl (C=O) groups is 1. The van der Waals surface area contributed by atoms with Crippen LogP contribution in [-0.4, -0.2) is 27.4 Å². The molecule has 1 heterocycles. The zero-order valence-electron chi connectivity index (χ0n) is 18.1. The van der Waals surface area contributed by atoms with E-state index >= 15 is 0 Å². The second-order valence-corrected chi connectivity index (χ2v) is 7.94. The van der Waals surface area contributed by atoms with Crippen molar-refractivity contribution >= 4 is 12.0 Å². The molecule has 5 nitrogen and oxygen atoms in total. The van der Waals surface area contributed by atoms with E-state index in [1.54, 1.807) is 10.8 Å². The molecule has 0 aliphatic rings. The first-order valence-corrected chi connectivity index (χ1v) is 10.6. The van der Waals surface area contributed by atoms with E-state index in [-0.39, 0.29) is 11.3 Å². The van der Waals surface area contributed by atoms with Crippen LogP contribution in [0.5, 0.6) is 0 Å². The first-order chi connectivity index (χ1) is 15.6. The summed E-state index contributed by atoms with van der Waals surface area (Å²) in [5.74, 6) is -0.166. The molecule has 0 spiro atoms. The van der Waals surface area contributed by atoms with Gasteiger partial charge in [-0.3, -0.25) is 4.79 Å². The summed E-state index contributed by atoms with van der Waals surface area (Å²) in [4.78, 5) is 12.6. The molecule has 1 N–H and O–H groups in total. The highest BCUT2D eigenvalue weighted by molar-refractivity contribution is 5.91. The quantitative estimate of drug-likeness (QED) is 0.427. The van der Waals surface area contributed by atoms with Crippen molar-refractivity contribution in [3.63, 3.8) is 0 Å². The van der Waals surface area contributed by atoms with Gasteiger partial charge in [0.1, 0.15) is 5.69 Å².